The van der Waals surface area contributed by atoms with Gasteiger partial charge in [0.1, 0.15) is 17.1 Å². The minimum Gasteiger partial charge on any atom is -0.443 e. The molecule has 4 aromatic rings. The van der Waals surface area contributed by atoms with Crippen molar-refractivity contribution in [1.82, 2.24) is 24.2 Å². The molecular weight excluding hydrogens is 558 g/mol. The fourth-order valence-electron chi connectivity index (χ4n) is 6.67. The number of rotatable bonds is 3. The summed E-state index contributed by atoms with van der Waals surface area (Å²) in [6, 6.07) is 13.4. The number of benzene rings is 1. The van der Waals surface area contributed by atoms with E-state index >= 15 is 0 Å². The van der Waals surface area contributed by atoms with E-state index in [1.807, 2.05) is 22.6 Å². The third-order valence-corrected chi connectivity index (χ3v) is 8.80. The van der Waals surface area contributed by atoms with Crippen LogP contribution in [-0.2, 0) is 28.1 Å². The lowest BCUT2D eigenvalue weighted by Crippen LogP contribution is -2.43. The van der Waals surface area contributed by atoms with Gasteiger partial charge in [-0.2, -0.15) is 5.26 Å². The highest BCUT2D eigenvalue weighted by atomic mass is 16.6. The van der Waals surface area contributed by atoms with E-state index in [0.717, 1.165) is 54.5 Å². The summed E-state index contributed by atoms with van der Waals surface area (Å²) in [4.78, 5) is 40.1. The molecule has 1 spiro atoms. The minimum absolute atomic E-state index is 0.0461. The average Bonchev–Trinajstić information content (AvgIpc) is 3.65. The topological polar surface area (TPSA) is 125 Å². The number of fused-ring (bicyclic) bond motifs is 4. The average molecular weight is 592 g/mol. The first kappa shape index (κ1) is 28.0. The van der Waals surface area contributed by atoms with Crippen LogP contribution in [0.25, 0.3) is 16.9 Å². The lowest BCUT2D eigenvalue weighted by molar-refractivity contribution is -0.0132. The maximum atomic E-state index is 13.9. The number of nitriles is 1. The number of carbonyl (C=O) groups is 2. The smallest absolute Gasteiger partial charge is 0.417 e. The first-order chi connectivity index (χ1) is 21.1. The summed E-state index contributed by atoms with van der Waals surface area (Å²) in [7, 11) is 2.14. The molecule has 224 valence electrons. The lowest BCUT2D eigenvalue weighted by Gasteiger charge is -2.40. The SMILES string of the molecule is CN1Cc2nc(Nc3ccc(-c4cnc5cc(C#N)ccn45)c4c3C(=O)N(C(=O)OC(C)(C)C)C4)ccc2C12CCOCC2. The Hall–Kier alpha value is -4.79. The number of hydrogen-bond acceptors (Lipinski definition) is 9. The molecule has 11 nitrogen and oxygen atoms in total. The molecule has 1 aromatic carbocycles. The van der Waals surface area contributed by atoms with Crippen LogP contribution in [0, 0.1) is 11.3 Å². The van der Waals surface area contributed by atoms with Gasteiger partial charge in [-0.25, -0.2) is 19.7 Å². The molecule has 0 aliphatic carbocycles. The van der Waals surface area contributed by atoms with Crippen molar-refractivity contribution in [2.24, 2.45) is 0 Å². The minimum atomic E-state index is -0.764. The normalized spacial score (nSPS) is 17.5. The molecular formula is C33H33N7O4. The molecule has 3 aliphatic heterocycles. The Morgan fingerprint density at radius 3 is 2.68 bits per heavy atom. The van der Waals surface area contributed by atoms with Crippen molar-refractivity contribution in [3.8, 4) is 17.3 Å². The van der Waals surface area contributed by atoms with Gasteiger partial charge in [0.25, 0.3) is 5.91 Å². The van der Waals surface area contributed by atoms with Crippen LogP contribution in [0.15, 0.2) is 48.8 Å². The molecule has 3 aromatic heterocycles. The van der Waals surface area contributed by atoms with Gasteiger partial charge in [-0.1, -0.05) is 12.1 Å². The van der Waals surface area contributed by atoms with Gasteiger partial charge in [0.2, 0.25) is 0 Å². The van der Waals surface area contributed by atoms with E-state index in [0.29, 0.717) is 33.8 Å². The van der Waals surface area contributed by atoms with Gasteiger partial charge < -0.3 is 14.8 Å². The maximum absolute atomic E-state index is 13.9. The van der Waals surface area contributed by atoms with Crippen LogP contribution >= 0.6 is 0 Å². The van der Waals surface area contributed by atoms with E-state index in [9.17, 15) is 14.9 Å². The number of nitrogens with zero attached hydrogens (tertiary/aromatic N) is 6. The number of imide groups is 1. The molecule has 0 radical (unpaired) electrons. The molecule has 1 saturated heterocycles. The van der Waals surface area contributed by atoms with E-state index in [2.05, 4.69) is 34.4 Å². The van der Waals surface area contributed by atoms with Gasteiger partial charge in [0, 0.05) is 31.5 Å². The van der Waals surface area contributed by atoms with Gasteiger partial charge in [0.15, 0.2) is 0 Å². The van der Waals surface area contributed by atoms with Gasteiger partial charge in [-0.3, -0.25) is 14.1 Å². The molecule has 11 heteroatoms. The van der Waals surface area contributed by atoms with Gasteiger partial charge in [0.05, 0.1) is 52.6 Å². The summed E-state index contributed by atoms with van der Waals surface area (Å²) in [5.74, 6) is 0.180. The lowest BCUT2D eigenvalue weighted by atomic mass is 9.84. The van der Waals surface area contributed by atoms with Crippen molar-refractivity contribution in [1.29, 1.82) is 5.26 Å². The quantitative estimate of drug-likeness (QED) is 0.335. The van der Waals surface area contributed by atoms with E-state index in [1.54, 1.807) is 45.3 Å². The second-order valence-electron chi connectivity index (χ2n) is 12.6. The Balaban J connectivity index is 1.29. The molecule has 1 N–H and O–H groups in total. The Morgan fingerprint density at radius 1 is 1.14 bits per heavy atom. The second-order valence-corrected chi connectivity index (χ2v) is 12.6. The van der Waals surface area contributed by atoms with E-state index in [4.69, 9.17) is 14.5 Å². The number of anilines is 2. The zero-order valence-corrected chi connectivity index (χ0v) is 25.2. The van der Waals surface area contributed by atoms with E-state index < -0.39 is 17.6 Å². The van der Waals surface area contributed by atoms with Crippen LogP contribution in [0.5, 0.6) is 0 Å². The van der Waals surface area contributed by atoms with Crippen molar-refractivity contribution in [2.45, 2.75) is 57.8 Å². The van der Waals surface area contributed by atoms with Crippen molar-refractivity contribution >= 4 is 29.2 Å². The van der Waals surface area contributed by atoms with Crippen LogP contribution in [-0.4, -0.2) is 62.0 Å². The maximum Gasteiger partial charge on any atom is 0.417 e. The summed E-state index contributed by atoms with van der Waals surface area (Å²) in [5.41, 5.74) is 5.65. The predicted octanol–water partition coefficient (Wildman–Crippen LogP) is 5.35. The Kier molecular flexibility index (Phi) is 6.46. The fourth-order valence-corrected chi connectivity index (χ4v) is 6.67. The number of carbonyl (C=O) groups excluding carboxylic acids is 2. The molecule has 0 unspecified atom stereocenters. The van der Waals surface area contributed by atoms with E-state index in [1.165, 1.54) is 5.56 Å². The molecule has 3 aliphatic rings. The van der Waals surface area contributed by atoms with Crippen LogP contribution in [0.1, 0.15) is 66.4 Å². The molecule has 0 saturated carbocycles. The number of amides is 2. The van der Waals surface area contributed by atoms with Crippen LogP contribution < -0.4 is 5.32 Å². The number of pyridine rings is 2. The van der Waals surface area contributed by atoms with Crippen LogP contribution in [0.3, 0.4) is 0 Å². The van der Waals surface area contributed by atoms with Crippen molar-refractivity contribution < 1.29 is 19.1 Å². The Morgan fingerprint density at radius 2 is 1.93 bits per heavy atom. The van der Waals surface area contributed by atoms with Crippen molar-refractivity contribution in [3.05, 3.63) is 76.7 Å². The second kappa shape index (κ2) is 10.1. The standard InChI is InChI=1S/C33H33N7O4/c1-32(2,3)44-31(42)40-18-22-21(26-17-35-28-15-20(16-34)9-12-39(26)28)5-7-24(29(22)30(40)41)36-27-8-6-23-25(37-27)19-38(4)33(23)10-13-43-14-11-33/h5-9,12,15,17H,10-11,13-14,18-19H2,1-4H3,(H,36,37). The summed E-state index contributed by atoms with van der Waals surface area (Å²) >= 11 is 0. The molecule has 1 fully saturated rings. The first-order valence-electron chi connectivity index (χ1n) is 14.7. The van der Waals surface area contributed by atoms with Crippen LogP contribution in [0.4, 0.5) is 16.3 Å². The number of hydrogen-bond donors (Lipinski definition) is 1. The fraction of sp³-hybridized carbons (Fsp3) is 0.364. The molecule has 7 rings (SSSR count). The molecule has 2 amide bonds. The number of imidazole rings is 1. The Labute approximate surface area is 255 Å². The van der Waals surface area contributed by atoms with Crippen LogP contribution in [0.2, 0.25) is 0 Å². The van der Waals surface area contributed by atoms with Gasteiger partial charge in [-0.05, 0) is 76.1 Å². The van der Waals surface area contributed by atoms with Gasteiger partial charge >= 0.3 is 6.09 Å². The summed E-state index contributed by atoms with van der Waals surface area (Å²) in [6.45, 7) is 7.54. The predicted molar refractivity (Wildman–Crippen MR) is 162 cm³/mol. The first-order valence-corrected chi connectivity index (χ1v) is 14.7. The summed E-state index contributed by atoms with van der Waals surface area (Å²) in [5, 5.41) is 12.7. The van der Waals surface area contributed by atoms with Crippen molar-refractivity contribution in [3.63, 3.8) is 0 Å². The molecule has 0 bridgehead atoms. The molecule has 44 heavy (non-hydrogen) atoms. The van der Waals surface area contributed by atoms with Crippen molar-refractivity contribution in [2.75, 3.05) is 25.6 Å². The zero-order chi connectivity index (χ0) is 30.8. The molecule has 6 heterocycles. The van der Waals surface area contributed by atoms with Gasteiger partial charge in [-0.15, -0.1) is 0 Å². The largest absolute Gasteiger partial charge is 0.443 e. The Bertz CT molecular complexity index is 1880. The summed E-state index contributed by atoms with van der Waals surface area (Å²) < 4.78 is 13.1. The molecule has 0 atom stereocenters. The number of aromatic nitrogens is 3. The highest BCUT2D eigenvalue weighted by Crippen LogP contribution is 2.45. The zero-order valence-electron chi connectivity index (χ0n) is 25.2. The van der Waals surface area contributed by atoms with E-state index in [-0.39, 0.29) is 12.1 Å². The highest BCUT2D eigenvalue weighted by Gasteiger charge is 2.45. The third kappa shape index (κ3) is 4.49. The highest BCUT2D eigenvalue weighted by molar-refractivity contribution is 6.11. The third-order valence-electron chi connectivity index (χ3n) is 8.80. The summed E-state index contributed by atoms with van der Waals surface area (Å²) in [6.07, 6.45) is 4.65. The number of ether oxygens (including phenoxy) is 2. The monoisotopic (exact) mass is 591 g/mol. The number of nitrogens with one attached hydrogen (secondary N) is 1.